The highest BCUT2D eigenvalue weighted by Crippen LogP contribution is 2.34. The maximum absolute atomic E-state index is 11.9. The Balaban J connectivity index is 1.94. The van der Waals surface area contributed by atoms with Crippen molar-refractivity contribution >= 4 is 11.9 Å². The van der Waals surface area contributed by atoms with Crippen molar-refractivity contribution in [3.8, 4) is 0 Å². The summed E-state index contributed by atoms with van der Waals surface area (Å²) >= 11 is 0. The lowest BCUT2D eigenvalue weighted by Crippen LogP contribution is -2.56. The van der Waals surface area contributed by atoms with Crippen LogP contribution in [-0.2, 0) is 9.59 Å². The Hall–Kier alpha value is -1.10. The van der Waals surface area contributed by atoms with Gasteiger partial charge in [-0.3, -0.25) is 4.79 Å². The Morgan fingerprint density at radius 3 is 2.12 bits per heavy atom. The Morgan fingerprint density at radius 2 is 1.71 bits per heavy atom. The van der Waals surface area contributed by atoms with Crippen LogP contribution in [0.5, 0.6) is 0 Å². The molecule has 0 aliphatic heterocycles. The second kappa shape index (κ2) is 4.29. The predicted molar refractivity (Wildman–Crippen MR) is 62.4 cm³/mol. The molecule has 0 bridgehead atoms. The smallest absolute Gasteiger partial charge is 0.329 e. The van der Waals surface area contributed by atoms with Crippen LogP contribution in [0.15, 0.2) is 0 Å². The van der Waals surface area contributed by atoms with Gasteiger partial charge in [-0.15, -0.1) is 0 Å². The number of carbonyl (C=O) groups excluding carboxylic acids is 1. The fourth-order valence-electron chi connectivity index (χ4n) is 2.81. The Labute approximate surface area is 101 Å². The van der Waals surface area contributed by atoms with Gasteiger partial charge in [0, 0.05) is 12.0 Å². The molecule has 1 amide bonds. The molecule has 2 aliphatic rings. The summed E-state index contributed by atoms with van der Waals surface area (Å²) in [6.45, 7) is 0. The number of carboxylic acid groups (broad SMARTS) is 1. The zero-order valence-electron chi connectivity index (χ0n) is 10.00. The van der Waals surface area contributed by atoms with Gasteiger partial charge in [-0.1, -0.05) is 12.8 Å². The molecule has 0 spiro atoms. The van der Waals surface area contributed by atoms with Crippen LogP contribution in [-0.4, -0.2) is 28.1 Å². The molecule has 2 rings (SSSR count). The van der Waals surface area contributed by atoms with Gasteiger partial charge in [-0.2, -0.15) is 0 Å². The van der Waals surface area contributed by atoms with Crippen LogP contribution >= 0.6 is 0 Å². The number of carbonyl (C=O) groups is 2. The topological polar surface area (TPSA) is 92.4 Å². The van der Waals surface area contributed by atoms with Crippen molar-refractivity contribution in [1.29, 1.82) is 0 Å². The van der Waals surface area contributed by atoms with Crippen molar-refractivity contribution in [2.75, 3.05) is 0 Å². The van der Waals surface area contributed by atoms with Gasteiger partial charge >= 0.3 is 5.97 Å². The molecule has 0 aromatic carbocycles. The molecule has 0 aromatic rings. The lowest BCUT2D eigenvalue weighted by atomic mass is 9.75. The van der Waals surface area contributed by atoms with Crippen LogP contribution in [0.1, 0.15) is 51.4 Å². The maximum atomic E-state index is 11.9. The molecule has 4 N–H and O–H groups in total. The molecular weight excluding hydrogens is 220 g/mol. The van der Waals surface area contributed by atoms with Crippen molar-refractivity contribution < 1.29 is 14.7 Å². The number of carboxylic acids is 1. The number of hydrogen-bond donors (Lipinski definition) is 3. The standard InChI is InChI=1S/C12H20N2O3/c13-11(4-3-5-11)8-9(15)14-12(10(16)17)6-1-2-7-12/h1-8,13H2,(H,14,15)(H,16,17). The quantitative estimate of drug-likeness (QED) is 0.676. The van der Waals surface area contributed by atoms with E-state index < -0.39 is 11.5 Å². The molecule has 5 heteroatoms. The largest absolute Gasteiger partial charge is 0.480 e. The number of nitrogens with one attached hydrogen (secondary N) is 1. The normalized spacial score (nSPS) is 25.0. The van der Waals surface area contributed by atoms with Gasteiger partial charge in [-0.05, 0) is 32.1 Å². The summed E-state index contributed by atoms with van der Waals surface area (Å²) in [4.78, 5) is 23.1. The van der Waals surface area contributed by atoms with Crippen molar-refractivity contribution in [2.45, 2.75) is 62.4 Å². The highest BCUT2D eigenvalue weighted by molar-refractivity contribution is 5.87. The molecule has 0 saturated heterocycles. The highest BCUT2D eigenvalue weighted by atomic mass is 16.4. The maximum Gasteiger partial charge on any atom is 0.329 e. The predicted octanol–water partition coefficient (Wildman–Crippen LogP) is 0.771. The average Bonchev–Trinajstić information content (AvgIpc) is 2.65. The first-order valence-electron chi connectivity index (χ1n) is 6.29. The third kappa shape index (κ3) is 2.44. The fourth-order valence-corrected chi connectivity index (χ4v) is 2.81. The fraction of sp³-hybridized carbons (Fsp3) is 0.833. The third-order valence-electron chi connectivity index (χ3n) is 4.11. The number of aliphatic carboxylic acids is 1. The van der Waals surface area contributed by atoms with Crippen molar-refractivity contribution in [3.05, 3.63) is 0 Å². The minimum atomic E-state index is -1.03. The second-order valence-electron chi connectivity index (χ2n) is 5.54. The van der Waals surface area contributed by atoms with E-state index in [1.807, 2.05) is 0 Å². The van der Waals surface area contributed by atoms with E-state index in [2.05, 4.69) is 5.32 Å². The molecule has 0 atom stereocenters. The average molecular weight is 240 g/mol. The second-order valence-corrected chi connectivity index (χ2v) is 5.54. The summed E-state index contributed by atoms with van der Waals surface area (Å²) in [5.74, 6) is -1.13. The molecule has 0 radical (unpaired) electrons. The van der Waals surface area contributed by atoms with Crippen LogP contribution in [0.2, 0.25) is 0 Å². The minimum Gasteiger partial charge on any atom is -0.480 e. The summed E-state index contributed by atoms with van der Waals surface area (Å²) in [5, 5.41) is 11.9. The van der Waals surface area contributed by atoms with E-state index in [0.29, 0.717) is 12.8 Å². The minimum absolute atomic E-state index is 0.212. The van der Waals surface area contributed by atoms with Gasteiger partial charge in [0.05, 0.1) is 0 Å². The Kier molecular flexibility index (Phi) is 3.12. The van der Waals surface area contributed by atoms with Crippen LogP contribution in [0, 0.1) is 0 Å². The first-order chi connectivity index (χ1) is 7.96. The molecule has 0 aromatic heterocycles. The summed E-state index contributed by atoms with van der Waals surface area (Å²) in [5.41, 5.74) is 4.57. The Bertz CT molecular complexity index is 331. The molecular formula is C12H20N2O3. The van der Waals surface area contributed by atoms with E-state index in [-0.39, 0.29) is 17.9 Å². The number of amides is 1. The molecule has 17 heavy (non-hydrogen) atoms. The van der Waals surface area contributed by atoms with Gasteiger partial charge in [-0.25, -0.2) is 4.79 Å². The van der Waals surface area contributed by atoms with Crippen LogP contribution in [0.3, 0.4) is 0 Å². The van der Waals surface area contributed by atoms with Crippen molar-refractivity contribution in [1.82, 2.24) is 5.32 Å². The molecule has 96 valence electrons. The summed E-state index contributed by atoms with van der Waals surface area (Å²) in [6.07, 6.45) is 5.83. The molecule has 2 saturated carbocycles. The molecule has 0 heterocycles. The van der Waals surface area contributed by atoms with E-state index in [4.69, 9.17) is 5.73 Å². The zero-order chi connectivity index (χ0) is 12.5. The van der Waals surface area contributed by atoms with Gasteiger partial charge in [0.1, 0.15) is 5.54 Å². The van der Waals surface area contributed by atoms with Crippen molar-refractivity contribution in [2.24, 2.45) is 5.73 Å². The number of rotatable bonds is 4. The van der Waals surface area contributed by atoms with Gasteiger partial charge < -0.3 is 16.2 Å². The van der Waals surface area contributed by atoms with Gasteiger partial charge in [0.25, 0.3) is 0 Å². The van der Waals surface area contributed by atoms with Gasteiger partial charge in [0.15, 0.2) is 0 Å². The Morgan fingerprint density at radius 1 is 1.12 bits per heavy atom. The number of hydrogen-bond acceptors (Lipinski definition) is 3. The van der Waals surface area contributed by atoms with Crippen molar-refractivity contribution in [3.63, 3.8) is 0 Å². The van der Waals surface area contributed by atoms with Crippen LogP contribution < -0.4 is 11.1 Å². The van der Waals surface area contributed by atoms with E-state index in [1.165, 1.54) is 0 Å². The monoisotopic (exact) mass is 240 g/mol. The lowest BCUT2D eigenvalue weighted by Gasteiger charge is -2.38. The van der Waals surface area contributed by atoms with Crippen LogP contribution in [0.25, 0.3) is 0 Å². The first-order valence-corrected chi connectivity index (χ1v) is 6.29. The summed E-state index contributed by atoms with van der Waals surface area (Å²) in [7, 11) is 0. The molecule has 2 fully saturated rings. The first kappa shape index (κ1) is 12.4. The number of nitrogens with two attached hydrogens (primary N) is 1. The van der Waals surface area contributed by atoms with Gasteiger partial charge in [0.2, 0.25) is 5.91 Å². The van der Waals surface area contributed by atoms with E-state index in [0.717, 1.165) is 32.1 Å². The van der Waals surface area contributed by atoms with E-state index >= 15 is 0 Å². The lowest BCUT2D eigenvalue weighted by molar-refractivity contribution is -0.147. The zero-order valence-corrected chi connectivity index (χ0v) is 10.00. The molecule has 5 nitrogen and oxygen atoms in total. The summed E-state index contributed by atoms with van der Waals surface area (Å²) in [6, 6.07) is 0. The molecule has 2 aliphatic carbocycles. The van der Waals surface area contributed by atoms with E-state index in [9.17, 15) is 14.7 Å². The third-order valence-corrected chi connectivity index (χ3v) is 4.11. The highest BCUT2D eigenvalue weighted by Gasteiger charge is 2.44. The SMILES string of the molecule is NC1(CC(=O)NC2(C(=O)O)CCCC2)CCC1. The molecule has 0 unspecified atom stereocenters. The summed E-state index contributed by atoms with van der Waals surface area (Å²) < 4.78 is 0. The van der Waals surface area contributed by atoms with Crippen LogP contribution in [0.4, 0.5) is 0 Å². The van der Waals surface area contributed by atoms with E-state index in [1.54, 1.807) is 0 Å².